The molecule has 0 fully saturated rings. The van der Waals surface area contributed by atoms with E-state index < -0.39 is 17.5 Å². The van der Waals surface area contributed by atoms with Crippen molar-refractivity contribution in [3.63, 3.8) is 0 Å². The molecule has 0 saturated heterocycles. The van der Waals surface area contributed by atoms with Gasteiger partial charge in [-0.25, -0.2) is 9.18 Å². The number of amides is 1. The molecule has 0 atom stereocenters. The van der Waals surface area contributed by atoms with Crippen molar-refractivity contribution in [2.45, 2.75) is 6.54 Å². The van der Waals surface area contributed by atoms with Crippen LogP contribution in [0.2, 0.25) is 0 Å². The lowest BCUT2D eigenvalue weighted by Gasteiger charge is -2.07. The molecule has 1 heterocycles. The molecule has 3 aromatic rings. The highest BCUT2D eigenvalue weighted by Crippen LogP contribution is 2.15. The molecule has 0 bridgehead atoms. The molecule has 1 aromatic heterocycles. The Morgan fingerprint density at radius 2 is 1.88 bits per heavy atom. The van der Waals surface area contributed by atoms with Crippen molar-refractivity contribution < 1.29 is 18.3 Å². The van der Waals surface area contributed by atoms with E-state index >= 15 is 0 Å². The molecule has 0 aliphatic rings. The van der Waals surface area contributed by atoms with Crippen LogP contribution < -0.4 is 15.8 Å². The van der Waals surface area contributed by atoms with Gasteiger partial charge in [0.2, 0.25) is 11.8 Å². The largest absolute Gasteiger partial charge is 0.492 e. The molecule has 1 amide bonds. The average Bonchev–Trinajstić information content (AvgIpc) is 3.01. The maximum Gasteiger partial charge on any atom is 0.437 e. The molecule has 26 heavy (non-hydrogen) atoms. The Morgan fingerprint density at radius 3 is 2.62 bits per heavy atom. The first-order valence-corrected chi connectivity index (χ1v) is 7.90. The van der Waals surface area contributed by atoms with Crippen LogP contribution in [-0.4, -0.2) is 28.8 Å². The summed E-state index contributed by atoms with van der Waals surface area (Å²) < 4.78 is 24.3. The lowest BCUT2D eigenvalue weighted by molar-refractivity contribution is -0.122. The minimum atomic E-state index is -0.764. The number of carbonyl (C=O) groups is 1. The first kappa shape index (κ1) is 17.4. The van der Waals surface area contributed by atoms with Crippen molar-refractivity contribution in [2.75, 3.05) is 13.2 Å². The van der Waals surface area contributed by atoms with Crippen LogP contribution in [0.4, 0.5) is 4.39 Å². The zero-order chi connectivity index (χ0) is 18.4. The first-order valence-electron chi connectivity index (χ1n) is 7.90. The Labute approximate surface area is 148 Å². The topological polar surface area (TPSA) is 86.4 Å². The third-order valence-electron chi connectivity index (χ3n) is 3.43. The lowest BCUT2D eigenvalue weighted by Crippen LogP contribution is -2.33. The average molecular weight is 357 g/mol. The van der Waals surface area contributed by atoms with E-state index in [4.69, 9.17) is 9.15 Å². The molecule has 2 aromatic carbocycles. The van der Waals surface area contributed by atoms with Gasteiger partial charge in [-0.15, -0.1) is 5.10 Å². The lowest BCUT2D eigenvalue weighted by atomic mass is 10.2. The van der Waals surface area contributed by atoms with Crippen molar-refractivity contribution in [1.29, 1.82) is 0 Å². The summed E-state index contributed by atoms with van der Waals surface area (Å²) in [7, 11) is 0. The number of rotatable bonds is 7. The van der Waals surface area contributed by atoms with Gasteiger partial charge < -0.3 is 14.5 Å². The van der Waals surface area contributed by atoms with Crippen molar-refractivity contribution in [3.8, 4) is 17.2 Å². The summed E-state index contributed by atoms with van der Waals surface area (Å²) in [5, 5.41) is 6.58. The van der Waals surface area contributed by atoms with Gasteiger partial charge in [0.15, 0.2) is 0 Å². The number of para-hydroxylation sites is 1. The Balaban J connectivity index is 1.51. The smallest absolute Gasteiger partial charge is 0.437 e. The van der Waals surface area contributed by atoms with Gasteiger partial charge in [-0.05, 0) is 36.4 Å². The van der Waals surface area contributed by atoms with E-state index in [0.29, 0.717) is 17.9 Å². The molecule has 0 unspecified atom stereocenters. The first-order chi connectivity index (χ1) is 12.6. The Kier molecular flexibility index (Phi) is 5.43. The summed E-state index contributed by atoms with van der Waals surface area (Å²) >= 11 is 0. The number of nitrogens with zero attached hydrogens (tertiary/aromatic N) is 2. The molecule has 134 valence electrons. The fraction of sp³-hybridized carbons (Fsp3) is 0.167. The molecule has 7 nitrogen and oxygen atoms in total. The van der Waals surface area contributed by atoms with E-state index in [1.165, 1.54) is 24.3 Å². The Morgan fingerprint density at radius 1 is 1.15 bits per heavy atom. The normalized spacial score (nSPS) is 10.5. The van der Waals surface area contributed by atoms with E-state index in [-0.39, 0.29) is 19.0 Å². The van der Waals surface area contributed by atoms with E-state index in [1.54, 1.807) is 0 Å². The highest BCUT2D eigenvalue weighted by Gasteiger charge is 2.13. The molecule has 1 N–H and O–H groups in total. The van der Waals surface area contributed by atoms with E-state index in [9.17, 15) is 14.0 Å². The monoisotopic (exact) mass is 357 g/mol. The maximum atomic E-state index is 12.9. The predicted molar refractivity (Wildman–Crippen MR) is 91.1 cm³/mol. The van der Waals surface area contributed by atoms with Crippen LogP contribution in [0.15, 0.2) is 63.8 Å². The minimum absolute atomic E-state index is 0.0233. The number of benzene rings is 2. The van der Waals surface area contributed by atoms with Crippen LogP contribution >= 0.6 is 0 Å². The number of carbonyl (C=O) groups excluding carboxylic acids is 1. The molecule has 8 heteroatoms. The minimum Gasteiger partial charge on any atom is -0.492 e. The number of halogens is 1. The number of nitrogens with one attached hydrogen (secondary N) is 1. The number of aromatic nitrogens is 2. The zero-order valence-electron chi connectivity index (χ0n) is 13.7. The SMILES string of the molecule is O=C(Cn1nc(-c2ccc(F)cc2)oc1=O)NCCOc1ccccc1. The summed E-state index contributed by atoms with van der Waals surface area (Å²) in [6.07, 6.45) is 0. The fourth-order valence-corrected chi connectivity index (χ4v) is 2.18. The van der Waals surface area contributed by atoms with Gasteiger partial charge >= 0.3 is 5.76 Å². The Hall–Kier alpha value is -3.42. The third kappa shape index (κ3) is 4.56. The van der Waals surface area contributed by atoms with Gasteiger partial charge in [0, 0.05) is 5.56 Å². The maximum absolute atomic E-state index is 12.9. The van der Waals surface area contributed by atoms with Crippen LogP contribution in [0.1, 0.15) is 0 Å². The highest BCUT2D eigenvalue weighted by molar-refractivity contribution is 5.75. The van der Waals surface area contributed by atoms with Crippen LogP contribution in [0.3, 0.4) is 0 Å². The Bertz CT molecular complexity index is 920. The number of hydrogen-bond acceptors (Lipinski definition) is 5. The third-order valence-corrected chi connectivity index (χ3v) is 3.43. The van der Waals surface area contributed by atoms with Crippen LogP contribution in [0, 0.1) is 5.82 Å². The van der Waals surface area contributed by atoms with E-state index in [0.717, 1.165) is 4.68 Å². The van der Waals surface area contributed by atoms with E-state index in [2.05, 4.69) is 10.4 Å². The summed E-state index contributed by atoms with van der Waals surface area (Å²) in [6.45, 7) is 0.296. The van der Waals surface area contributed by atoms with Gasteiger partial charge in [-0.2, -0.15) is 4.68 Å². The second-order valence-corrected chi connectivity index (χ2v) is 5.35. The van der Waals surface area contributed by atoms with Crippen LogP contribution in [0.25, 0.3) is 11.5 Å². The second-order valence-electron chi connectivity index (χ2n) is 5.35. The molecule has 0 spiro atoms. The van der Waals surface area contributed by atoms with E-state index in [1.807, 2.05) is 30.3 Å². The van der Waals surface area contributed by atoms with Gasteiger partial charge in [0.1, 0.15) is 24.7 Å². The van der Waals surface area contributed by atoms with Crippen LogP contribution in [0.5, 0.6) is 5.75 Å². The van der Waals surface area contributed by atoms with Crippen molar-refractivity contribution in [3.05, 3.63) is 71.0 Å². The molecule has 3 rings (SSSR count). The standard InChI is InChI=1S/C18H16FN3O4/c19-14-8-6-13(7-9-14)17-21-22(18(24)26-17)12-16(23)20-10-11-25-15-4-2-1-3-5-15/h1-9H,10-12H2,(H,20,23). The molecule has 0 radical (unpaired) electrons. The quantitative estimate of drug-likeness (QED) is 0.652. The summed E-state index contributed by atoms with van der Waals surface area (Å²) in [6, 6.07) is 14.5. The second kappa shape index (κ2) is 8.11. The number of ether oxygens (including phenoxy) is 1. The van der Waals surface area contributed by atoms with Gasteiger partial charge in [0.25, 0.3) is 0 Å². The summed E-state index contributed by atoms with van der Waals surface area (Å²) in [4.78, 5) is 23.7. The molecule has 0 saturated carbocycles. The van der Waals surface area contributed by atoms with Crippen molar-refractivity contribution in [1.82, 2.24) is 15.1 Å². The molecular weight excluding hydrogens is 341 g/mol. The van der Waals surface area contributed by atoms with Gasteiger partial charge in [-0.1, -0.05) is 18.2 Å². The fourth-order valence-electron chi connectivity index (χ4n) is 2.18. The number of hydrogen-bond donors (Lipinski definition) is 1. The summed E-state index contributed by atoms with van der Waals surface area (Å²) in [5.41, 5.74) is 0.443. The van der Waals surface area contributed by atoms with Crippen LogP contribution in [-0.2, 0) is 11.3 Å². The zero-order valence-corrected chi connectivity index (χ0v) is 13.7. The highest BCUT2D eigenvalue weighted by atomic mass is 19.1. The van der Waals surface area contributed by atoms with Crippen molar-refractivity contribution in [2.24, 2.45) is 0 Å². The van der Waals surface area contributed by atoms with Gasteiger partial charge in [0.05, 0.1) is 6.54 Å². The predicted octanol–water partition coefficient (Wildman–Crippen LogP) is 1.84. The van der Waals surface area contributed by atoms with Crippen molar-refractivity contribution >= 4 is 5.91 Å². The molecule has 0 aliphatic carbocycles. The molecule has 0 aliphatic heterocycles. The van der Waals surface area contributed by atoms with Gasteiger partial charge in [-0.3, -0.25) is 4.79 Å². The molecular formula is C18H16FN3O4. The summed E-state index contributed by atoms with van der Waals surface area (Å²) in [5.74, 6) is -0.844.